The fourth-order valence-electron chi connectivity index (χ4n) is 3.68. The molecule has 24 heavy (non-hydrogen) atoms. The molecule has 1 fully saturated rings. The van der Waals surface area contributed by atoms with Crippen molar-refractivity contribution in [3.8, 4) is 0 Å². The van der Waals surface area contributed by atoms with Crippen LogP contribution in [0.25, 0.3) is 11.0 Å². The van der Waals surface area contributed by atoms with E-state index in [2.05, 4.69) is 17.9 Å². The van der Waals surface area contributed by atoms with E-state index >= 15 is 0 Å². The summed E-state index contributed by atoms with van der Waals surface area (Å²) in [4.78, 5) is 14.4. The van der Waals surface area contributed by atoms with E-state index in [0.29, 0.717) is 11.5 Å². The quantitative estimate of drug-likeness (QED) is 0.760. The van der Waals surface area contributed by atoms with Crippen LogP contribution in [0.15, 0.2) is 33.5 Å². The number of fused-ring (bicyclic) bond motifs is 1. The molecule has 1 saturated heterocycles. The predicted octanol–water partition coefficient (Wildman–Crippen LogP) is 3.60. The number of methoxy groups -OCH3 is 1. The zero-order chi connectivity index (χ0) is 16.9. The van der Waals surface area contributed by atoms with Crippen molar-refractivity contribution in [1.29, 1.82) is 0 Å². The Bertz CT molecular complexity index is 737. The number of nitrogens with zero attached hydrogens (tertiary/aromatic N) is 1. The third kappa shape index (κ3) is 4.05. The predicted molar refractivity (Wildman–Crippen MR) is 96.4 cm³/mol. The standard InChI is InChI=1S/C20H27NO3/c1-3-15-6-7-19-18(11-15)17(12-20(22)24-19)14-21-9-4-5-16(13-21)8-10-23-2/h6-7,11-12,16H,3-5,8-10,13-14H2,1-2H3. The molecule has 1 aromatic carbocycles. The first-order chi connectivity index (χ1) is 11.7. The van der Waals surface area contributed by atoms with Crippen LogP contribution >= 0.6 is 0 Å². The third-order valence-electron chi connectivity index (χ3n) is 5.03. The number of likely N-dealkylation sites (tertiary alicyclic amines) is 1. The van der Waals surface area contributed by atoms with Gasteiger partial charge in [0.25, 0.3) is 0 Å². The molecule has 3 rings (SSSR count). The Morgan fingerprint density at radius 1 is 1.33 bits per heavy atom. The molecule has 1 unspecified atom stereocenters. The Labute approximate surface area is 143 Å². The van der Waals surface area contributed by atoms with E-state index in [-0.39, 0.29) is 5.63 Å². The van der Waals surface area contributed by atoms with Crippen LogP contribution < -0.4 is 5.63 Å². The molecule has 1 aromatic heterocycles. The topological polar surface area (TPSA) is 42.7 Å². The van der Waals surface area contributed by atoms with E-state index < -0.39 is 0 Å². The molecule has 1 aliphatic heterocycles. The van der Waals surface area contributed by atoms with Crippen molar-refractivity contribution in [3.63, 3.8) is 0 Å². The lowest BCUT2D eigenvalue weighted by atomic mass is 9.94. The number of piperidine rings is 1. The zero-order valence-electron chi connectivity index (χ0n) is 14.7. The van der Waals surface area contributed by atoms with E-state index in [4.69, 9.17) is 9.15 Å². The molecule has 0 spiro atoms. The van der Waals surface area contributed by atoms with Crippen LogP contribution in [0.5, 0.6) is 0 Å². The molecule has 0 radical (unpaired) electrons. The number of benzene rings is 1. The van der Waals surface area contributed by atoms with Gasteiger partial charge in [-0.05, 0) is 61.4 Å². The molecule has 1 atom stereocenters. The summed E-state index contributed by atoms with van der Waals surface area (Å²) < 4.78 is 10.6. The minimum Gasteiger partial charge on any atom is -0.423 e. The van der Waals surface area contributed by atoms with Crippen LogP contribution in [0.1, 0.15) is 37.3 Å². The van der Waals surface area contributed by atoms with E-state index in [9.17, 15) is 4.79 Å². The molecule has 1 aliphatic rings. The van der Waals surface area contributed by atoms with Gasteiger partial charge in [0, 0.05) is 38.3 Å². The van der Waals surface area contributed by atoms with Crippen LogP contribution in [0.3, 0.4) is 0 Å². The molecule has 2 aromatic rings. The summed E-state index contributed by atoms with van der Waals surface area (Å²) in [6.07, 6.45) is 4.59. The number of hydrogen-bond acceptors (Lipinski definition) is 4. The maximum atomic E-state index is 11.9. The summed E-state index contributed by atoms with van der Waals surface area (Å²) in [5, 5.41) is 1.08. The second-order valence-electron chi connectivity index (χ2n) is 6.80. The second kappa shape index (κ2) is 7.95. The molecular weight excluding hydrogens is 302 g/mol. The zero-order valence-corrected chi connectivity index (χ0v) is 14.7. The highest BCUT2D eigenvalue weighted by Gasteiger charge is 2.20. The Balaban J connectivity index is 1.82. The molecule has 0 bridgehead atoms. The lowest BCUT2D eigenvalue weighted by Crippen LogP contribution is -2.35. The molecule has 4 nitrogen and oxygen atoms in total. The van der Waals surface area contributed by atoms with Gasteiger partial charge in [-0.2, -0.15) is 0 Å². The van der Waals surface area contributed by atoms with Gasteiger partial charge >= 0.3 is 5.63 Å². The molecule has 2 heterocycles. The number of ether oxygens (including phenoxy) is 1. The first-order valence-corrected chi connectivity index (χ1v) is 8.96. The summed E-state index contributed by atoms with van der Waals surface area (Å²) in [5.74, 6) is 0.691. The van der Waals surface area contributed by atoms with Crippen molar-refractivity contribution in [3.05, 3.63) is 45.8 Å². The van der Waals surface area contributed by atoms with Crippen molar-refractivity contribution in [2.24, 2.45) is 5.92 Å². The summed E-state index contributed by atoms with van der Waals surface area (Å²) in [7, 11) is 1.77. The SMILES string of the molecule is CCc1ccc2oc(=O)cc(CN3CCCC(CCOC)C3)c2c1. The van der Waals surface area contributed by atoms with E-state index in [1.165, 1.54) is 18.4 Å². The maximum absolute atomic E-state index is 11.9. The molecular formula is C20H27NO3. The molecule has 4 heteroatoms. The smallest absolute Gasteiger partial charge is 0.336 e. The number of rotatable bonds is 6. The Kier molecular flexibility index (Phi) is 5.69. The van der Waals surface area contributed by atoms with Gasteiger partial charge in [0.15, 0.2) is 0 Å². The largest absolute Gasteiger partial charge is 0.423 e. The lowest BCUT2D eigenvalue weighted by molar-refractivity contribution is 0.123. The van der Waals surface area contributed by atoms with Crippen LogP contribution in [-0.4, -0.2) is 31.7 Å². The minimum absolute atomic E-state index is 0.255. The monoisotopic (exact) mass is 329 g/mol. The molecule has 0 saturated carbocycles. The first-order valence-electron chi connectivity index (χ1n) is 8.96. The Morgan fingerprint density at radius 3 is 3.00 bits per heavy atom. The van der Waals surface area contributed by atoms with Crippen molar-refractivity contribution < 1.29 is 9.15 Å². The fourth-order valence-corrected chi connectivity index (χ4v) is 3.68. The number of aryl methyl sites for hydroxylation is 1. The fraction of sp³-hybridized carbons (Fsp3) is 0.550. The van der Waals surface area contributed by atoms with Gasteiger partial charge in [-0.1, -0.05) is 13.0 Å². The van der Waals surface area contributed by atoms with Crippen LogP contribution in [-0.2, 0) is 17.7 Å². The average molecular weight is 329 g/mol. The van der Waals surface area contributed by atoms with Gasteiger partial charge in [0.2, 0.25) is 0 Å². The average Bonchev–Trinajstić information content (AvgIpc) is 2.60. The summed E-state index contributed by atoms with van der Waals surface area (Å²) in [6.45, 7) is 5.97. The normalized spacial score (nSPS) is 19.0. The maximum Gasteiger partial charge on any atom is 0.336 e. The van der Waals surface area contributed by atoms with Crippen molar-refractivity contribution in [2.45, 2.75) is 39.2 Å². The molecule has 130 valence electrons. The van der Waals surface area contributed by atoms with Gasteiger partial charge in [-0.3, -0.25) is 4.90 Å². The van der Waals surface area contributed by atoms with Gasteiger partial charge in [0.1, 0.15) is 5.58 Å². The molecule has 0 amide bonds. The van der Waals surface area contributed by atoms with Crippen LogP contribution in [0.2, 0.25) is 0 Å². The van der Waals surface area contributed by atoms with E-state index in [0.717, 1.165) is 50.0 Å². The lowest BCUT2D eigenvalue weighted by Gasteiger charge is -2.32. The van der Waals surface area contributed by atoms with Crippen LogP contribution in [0, 0.1) is 5.92 Å². The number of hydrogen-bond donors (Lipinski definition) is 0. The highest BCUT2D eigenvalue weighted by atomic mass is 16.5. The second-order valence-corrected chi connectivity index (χ2v) is 6.80. The van der Waals surface area contributed by atoms with Crippen molar-refractivity contribution >= 4 is 11.0 Å². The molecule has 0 N–H and O–H groups in total. The first kappa shape index (κ1) is 17.2. The van der Waals surface area contributed by atoms with Gasteiger partial charge in [-0.25, -0.2) is 4.79 Å². The summed E-state index contributed by atoms with van der Waals surface area (Å²) in [6, 6.07) is 7.80. The van der Waals surface area contributed by atoms with Gasteiger partial charge in [0.05, 0.1) is 0 Å². The highest BCUT2D eigenvalue weighted by Crippen LogP contribution is 2.24. The van der Waals surface area contributed by atoms with Crippen LogP contribution in [0.4, 0.5) is 0 Å². The van der Waals surface area contributed by atoms with Gasteiger partial charge in [-0.15, -0.1) is 0 Å². The van der Waals surface area contributed by atoms with Gasteiger partial charge < -0.3 is 9.15 Å². The minimum atomic E-state index is -0.255. The van der Waals surface area contributed by atoms with E-state index in [1.807, 2.05) is 12.1 Å². The van der Waals surface area contributed by atoms with E-state index in [1.54, 1.807) is 13.2 Å². The Hall–Kier alpha value is -1.65. The summed E-state index contributed by atoms with van der Waals surface area (Å²) in [5.41, 5.74) is 2.80. The summed E-state index contributed by atoms with van der Waals surface area (Å²) >= 11 is 0. The van der Waals surface area contributed by atoms with Crippen molar-refractivity contribution in [1.82, 2.24) is 4.90 Å². The highest BCUT2D eigenvalue weighted by molar-refractivity contribution is 5.80. The third-order valence-corrected chi connectivity index (χ3v) is 5.03. The molecule has 0 aliphatic carbocycles. The van der Waals surface area contributed by atoms with Crippen molar-refractivity contribution in [2.75, 3.05) is 26.8 Å². The Morgan fingerprint density at radius 2 is 2.21 bits per heavy atom.